The minimum atomic E-state index is -0.760. The Balaban J connectivity index is 1.08. The Morgan fingerprint density at radius 3 is 2.20 bits per heavy atom. The second-order valence-electron chi connectivity index (χ2n) is 10.1. The molecule has 0 spiro atoms. The molecular weight excluding hydrogens is 444 g/mol. The van der Waals surface area contributed by atoms with Gasteiger partial charge < -0.3 is 20.1 Å². The lowest BCUT2D eigenvalue weighted by Gasteiger charge is -2.38. The van der Waals surface area contributed by atoms with Crippen LogP contribution >= 0.6 is 0 Å². The van der Waals surface area contributed by atoms with Crippen molar-refractivity contribution in [1.82, 2.24) is 10.2 Å². The first-order valence-corrected chi connectivity index (χ1v) is 12.5. The topological polar surface area (TPSA) is 95.9 Å². The number of nitrogens with one attached hydrogen (secondary N) is 1. The number of nitrogens with zero attached hydrogens (tertiary/aromatic N) is 1. The number of fused-ring (bicyclic) bond motifs is 3. The Morgan fingerprint density at radius 1 is 1.03 bits per heavy atom. The number of piperidine rings is 1. The lowest BCUT2D eigenvalue weighted by Crippen LogP contribution is -2.47. The van der Waals surface area contributed by atoms with Crippen molar-refractivity contribution in [3.63, 3.8) is 0 Å². The monoisotopic (exact) mass is 476 g/mol. The summed E-state index contributed by atoms with van der Waals surface area (Å²) in [5, 5.41) is 12.4. The van der Waals surface area contributed by atoms with E-state index in [-0.39, 0.29) is 30.3 Å². The second kappa shape index (κ2) is 9.36. The summed E-state index contributed by atoms with van der Waals surface area (Å²) >= 11 is 0. The number of carboxylic acid groups (broad SMARTS) is 1. The van der Waals surface area contributed by atoms with E-state index in [0.29, 0.717) is 38.9 Å². The fraction of sp³-hybridized carbons (Fsp3) is 0.464. The molecule has 2 fully saturated rings. The smallest absolute Gasteiger partial charge is 0.407 e. The Kier molecular flexibility index (Phi) is 6.26. The van der Waals surface area contributed by atoms with Gasteiger partial charge in [0.25, 0.3) is 0 Å². The van der Waals surface area contributed by atoms with Gasteiger partial charge in [-0.25, -0.2) is 4.79 Å². The lowest BCUT2D eigenvalue weighted by atomic mass is 9.76. The third-order valence-corrected chi connectivity index (χ3v) is 8.25. The Morgan fingerprint density at radius 2 is 1.63 bits per heavy atom. The summed E-state index contributed by atoms with van der Waals surface area (Å²) in [4.78, 5) is 38.7. The first-order chi connectivity index (χ1) is 16.9. The molecule has 35 heavy (non-hydrogen) atoms. The molecule has 1 saturated heterocycles. The number of carbonyl (C=O) groups is 3. The van der Waals surface area contributed by atoms with Gasteiger partial charge in [-0.1, -0.05) is 55.5 Å². The molecule has 0 radical (unpaired) electrons. The van der Waals surface area contributed by atoms with E-state index < -0.39 is 17.5 Å². The maximum atomic E-state index is 12.9. The summed E-state index contributed by atoms with van der Waals surface area (Å²) in [6.07, 6.45) is 1.87. The molecule has 2 aromatic rings. The highest BCUT2D eigenvalue weighted by atomic mass is 16.5. The number of rotatable bonds is 7. The van der Waals surface area contributed by atoms with Crippen LogP contribution in [0.1, 0.15) is 49.7 Å². The van der Waals surface area contributed by atoms with Crippen LogP contribution in [-0.4, -0.2) is 54.2 Å². The summed E-state index contributed by atoms with van der Waals surface area (Å²) in [6.45, 7) is 3.56. The molecule has 2 amide bonds. The summed E-state index contributed by atoms with van der Waals surface area (Å²) in [5.74, 6) is -0.644. The SMILES string of the molecule is CCC1(C(=O)O)CCN(C(=O)C2CC2CNC(=O)OCC2c3ccccc3-c3ccccc32)CC1. The maximum absolute atomic E-state index is 12.9. The first-order valence-electron chi connectivity index (χ1n) is 12.5. The fourth-order valence-corrected chi connectivity index (χ4v) is 5.75. The number of carbonyl (C=O) groups excluding carboxylic acids is 2. The van der Waals surface area contributed by atoms with Gasteiger partial charge >= 0.3 is 12.1 Å². The van der Waals surface area contributed by atoms with Crippen LogP contribution in [0.2, 0.25) is 0 Å². The molecule has 7 heteroatoms. The third kappa shape index (κ3) is 4.40. The van der Waals surface area contributed by atoms with E-state index in [1.807, 2.05) is 31.2 Å². The zero-order valence-corrected chi connectivity index (χ0v) is 20.0. The highest BCUT2D eigenvalue weighted by molar-refractivity contribution is 5.83. The number of benzene rings is 2. The summed E-state index contributed by atoms with van der Waals surface area (Å²) in [7, 11) is 0. The molecule has 2 unspecified atom stereocenters. The molecular formula is C28H32N2O5. The zero-order valence-electron chi connectivity index (χ0n) is 20.0. The molecule has 2 aromatic carbocycles. The van der Waals surface area contributed by atoms with Crippen molar-refractivity contribution in [3.8, 4) is 11.1 Å². The van der Waals surface area contributed by atoms with Gasteiger partial charge in [0, 0.05) is 31.5 Å². The summed E-state index contributed by atoms with van der Waals surface area (Å²) in [5.41, 5.74) is 4.02. The summed E-state index contributed by atoms with van der Waals surface area (Å²) < 4.78 is 5.59. The van der Waals surface area contributed by atoms with Crippen LogP contribution in [0.3, 0.4) is 0 Å². The van der Waals surface area contributed by atoms with Gasteiger partial charge in [0.2, 0.25) is 5.91 Å². The number of hydrogen-bond donors (Lipinski definition) is 2. The molecule has 3 aliphatic rings. The Hall–Kier alpha value is -3.35. The number of amides is 2. The molecule has 0 bridgehead atoms. The third-order valence-electron chi connectivity index (χ3n) is 8.25. The van der Waals surface area contributed by atoms with E-state index in [9.17, 15) is 19.5 Å². The molecule has 2 aliphatic carbocycles. The average Bonchev–Trinajstić information content (AvgIpc) is 3.60. The van der Waals surface area contributed by atoms with Crippen molar-refractivity contribution < 1.29 is 24.2 Å². The molecule has 0 aromatic heterocycles. The normalized spacial score (nSPS) is 22.1. The van der Waals surface area contributed by atoms with Crippen LogP contribution in [-0.2, 0) is 14.3 Å². The van der Waals surface area contributed by atoms with Crippen LogP contribution in [0.25, 0.3) is 11.1 Å². The molecule has 5 rings (SSSR count). The number of ether oxygens (including phenoxy) is 1. The van der Waals surface area contributed by atoms with Crippen molar-refractivity contribution in [2.24, 2.45) is 17.3 Å². The Labute approximate surface area is 205 Å². The zero-order chi connectivity index (χ0) is 24.6. The van der Waals surface area contributed by atoms with Gasteiger partial charge in [0.1, 0.15) is 6.61 Å². The van der Waals surface area contributed by atoms with E-state index in [2.05, 4.69) is 29.6 Å². The maximum Gasteiger partial charge on any atom is 0.407 e. The van der Waals surface area contributed by atoms with Gasteiger partial charge in [-0.3, -0.25) is 9.59 Å². The van der Waals surface area contributed by atoms with Gasteiger partial charge in [-0.05, 0) is 53.9 Å². The quantitative estimate of drug-likeness (QED) is 0.622. The van der Waals surface area contributed by atoms with Crippen molar-refractivity contribution in [1.29, 1.82) is 0 Å². The van der Waals surface area contributed by atoms with Crippen molar-refractivity contribution in [2.75, 3.05) is 26.2 Å². The number of hydrogen-bond acceptors (Lipinski definition) is 4. The van der Waals surface area contributed by atoms with Crippen LogP contribution < -0.4 is 5.32 Å². The van der Waals surface area contributed by atoms with Gasteiger partial charge in [-0.2, -0.15) is 0 Å². The molecule has 184 valence electrons. The minimum Gasteiger partial charge on any atom is -0.481 e. The van der Waals surface area contributed by atoms with Crippen LogP contribution in [0.15, 0.2) is 48.5 Å². The lowest BCUT2D eigenvalue weighted by molar-refractivity contribution is -0.154. The number of carboxylic acids is 1. The van der Waals surface area contributed by atoms with E-state index in [4.69, 9.17) is 4.74 Å². The summed E-state index contributed by atoms with van der Waals surface area (Å²) in [6, 6.07) is 16.4. The van der Waals surface area contributed by atoms with Gasteiger partial charge in [-0.15, -0.1) is 0 Å². The van der Waals surface area contributed by atoms with Gasteiger partial charge in [0.15, 0.2) is 0 Å². The number of likely N-dealkylation sites (tertiary alicyclic amines) is 1. The van der Waals surface area contributed by atoms with E-state index in [1.165, 1.54) is 22.3 Å². The molecule has 7 nitrogen and oxygen atoms in total. The predicted molar refractivity (Wildman–Crippen MR) is 131 cm³/mol. The second-order valence-corrected chi connectivity index (χ2v) is 10.1. The predicted octanol–water partition coefficient (Wildman–Crippen LogP) is 4.26. The molecule has 2 atom stereocenters. The number of alkyl carbamates (subject to hydrolysis) is 1. The molecule has 2 N–H and O–H groups in total. The van der Waals surface area contributed by atoms with Crippen LogP contribution in [0.4, 0.5) is 4.79 Å². The number of aliphatic carboxylic acids is 1. The minimum absolute atomic E-state index is 0.0172. The van der Waals surface area contributed by atoms with Crippen molar-refractivity contribution in [2.45, 2.75) is 38.5 Å². The Bertz CT molecular complexity index is 1090. The van der Waals surface area contributed by atoms with E-state index in [0.717, 1.165) is 6.42 Å². The van der Waals surface area contributed by atoms with E-state index in [1.54, 1.807) is 4.90 Å². The molecule has 1 heterocycles. The van der Waals surface area contributed by atoms with Gasteiger partial charge in [0.05, 0.1) is 5.41 Å². The van der Waals surface area contributed by atoms with E-state index >= 15 is 0 Å². The fourth-order valence-electron chi connectivity index (χ4n) is 5.75. The standard InChI is InChI=1S/C28H32N2O5/c1-2-28(26(32)33)11-13-30(14-12-28)25(31)23-15-18(23)16-29-27(34)35-17-24-21-9-5-3-7-19(21)20-8-4-6-10-22(20)24/h3-10,18,23-24H,2,11-17H2,1H3,(H,29,34)(H,32,33). The average molecular weight is 477 g/mol. The van der Waals surface area contributed by atoms with Crippen LogP contribution in [0.5, 0.6) is 0 Å². The molecule has 1 aliphatic heterocycles. The van der Waals surface area contributed by atoms with Crippen molar-refractivity contribution >= 4 is 18.0 Å². The van der Waals surface area contributed by atoms with Crippen LogP contribution in [0, 0.1) is 17.3 Å². The highest BCUT2D eigenvalue weighted by Gasteiger charge is 2.47. The van der Waals surface area contributed by atoms with Crippen molar-refractivity contribution in [3.05, 3.63) is 59.7 Å². The molecule has 1 saturated carbocycles. The first kappa shape index (κ1) is 23.4. The highest BCUT2D eigenvalue weighted by Crippen LogP contribution is 2.45. The largest absolute Gasteiger partial charge is 0.481 e.